The highest BCUT2D eigenvalue weighted by atomic mass is 16.5. The predicted molar refractivity (Wildman–Crippen MR) is 95.5 cm³/mol. The first-order chi connectivity index (χ1) is 12.3. The quantitative estimate of drug-likeness (QED) is 0.820. The second-order valence-corrected chi connectivity index (χ2v) is 7.20. The van der Waals surface area contributed by atoms with Gasteiger partial charge in [0.15, 0.2) is 0 Å². The molecule has 132 valence electrons. The summed E-state index contributed by atoms with van der Waals surface area (Å²) in [4.78, 5) is 15.1. The fourth-order valence-corrected chi connectivity index (χ4v) is 3.86. The zero-order valence-corrected chi connectivity index (χ0v) is 14.2. The summed E-state index contributed by atoms with van der Waals surface area (Å²) in [7, 11) is 0. The number of amides is 1. The molecule has 25 heavy (non-hydrogen) atoms. The minimum absolute atomic E-state index is 0.0668. The topological polar surface area (TPSA) is 62.8 Å². The number of hydrogen-bond donors (Lipinski definition) is 2. The number of benzene rings is 1. The molecule has 5 rings (SSSR count). The minimum atomic E-state index is 0.0668. The molecule has 4 aliphatic rings. The molecule has 3 fully saturated rings. The summed E-state index contributed by atoms with van der Waals surface area (Å²) in [5.41, 5.74) is 4.76. The van der Waals surface area contributed by atoms with E-state index in [0.717, 1.165) is 34.8 Å². The molecule has 3 aliphatic heterocycles. The lowest BCUT2D eigenvalue weighted by atomic mass is 9.92. The van der Waals surface area contributed by atoms with Crippen LogP contribution in [0.15, 0.2) is 23.9 Å². The number of nitrogens with one attached hydrogen (secondary N) is 2. The largest absolute Gasteiger partial charge is 0.383 e. The Hall–Kier alpha value is -2.05. The van der Waals surface area contributed by atoms with Crippen LogP contribution in [0.1, 0.15) is 24.8 Å². The standard InChI is InChI=1S/C19H23N3O3/c23-19-18(16-11-24-7-6-20-16)15-8-13(21-12-2-1-3-12)4-5-17(15)22(19)14-9-25-10-14/h4-5,8,12,14,20-21H,1-3,6-7,9-11H2/b18-16-. The van der Waals surface area contributed by atoms with Gasteiger partial charge in [0.2, 0.25) is 0 Å². The Labute approximate surface area is 147 Å². The Morgan fingerprint density at radius 3 is 2.72 bits per heavy atom. The average Bonchev–Trinajstić information content (AvgIpc) is 2.82. The number of hydrogen-bond acceptors (Lipinski definition) is 5. The van der Waals surface area contributed by atoms with E-state index in [9.17, 15) is 4.79 Å². The van der Waals surface area contributed by atoms with E-state index in [1.54, 1.807) is 0 Å². The molecular formula is C19H23N3O3. The van der Waals surface area contributed by atoms with Gasteiger partial charge in [-0.3, -0.25) is 9.69 Å². The van der Waals surface area contributed by atoms with Gasteiger partial charge in [0.1, 0.15) is 0 Å². The van der Waals surface area contributed by atoms with E-state index < -0.39 is 0 Å². The van der Waals surface area contributed by atoms with Crippen LogP contribution < -0.4 is 15.5 Å². The van der Waals surface area contributed by atoms with E-state index in [1.807, 2.05) is 4.90 Å². The molecule has 0 atom stereocenters. The highest BCUT2D eigenvalue weighted by Crippen LogP contribution is 2.42. The molecule has 6 heteroatoms. The average molecular weight is 341 g/mol. The number of rotatable bonds is 3. The second kappa shape index (κ2) is 6.04. The molecule has 3 heterocycles. The lowest BCUT2D eigenvalue weighted by molar-refractivity contribution is -0.115. The number of carbonyl (C=O) groups excluding carboxylic acids is 1. The highest BCUT2D eigenvalue weighted by Gasteiger charge is 2.41. The molecule has 2 N–H and O–H groups in total. The van der Waals surface area contributed by atoms with E-state index in [-0.39, 0.29) is 11.9 Å². The smallest absolute Gasteiger partial charge is 0.261 e. The van der Waals surface area contributed by atoms with Crippen LogP contribution >= 0.6 is 0 Å². The summed E-state index contributed by atoms with van der Waals surface area (Å²) in [6, 6.07) is 7.00. The zero-order valence-electron chi connectivity index (χ0n) is 14.2. The van der Waals surface area contributed by atoms with Crippen LogP contribution in [0.25, 0.3) is 5.57 Å². The Balaban J connectivity index is 1.55. The molecule has 2 saturated heterocycles. The summed E-state index contributed by atoms with van der Waals surface area (Å²) < 4.78 is 10.9. The van der Waals surface area contributed by atoms with Gasteiger partial charge >= 0.3 is 0 Å². The number of fused-ring (bicyclic) bond motifs is 1. The van der Waals surface area contributed by atoms with Gasteiger partial charge in [-0.1, -0.05) is 0 Å². The van der Waals surface area contributed by atoms with Gasteiger partial charge < -0.3 is 20.1 Å². The minimum Gasteiger partial charge on any atom is -0.383 e. The number of carbonyl (C=O) groups is 1. The second-order valence-electron chi connectivity index (χ2n) is 7.20. The van der Waals surface area contributed by atoms with Gasteiger partial charge in [-0.15, -0.1) is 0 Å². The van der Waals surface area contributed by atoms with E-state index in [1.165, 1.54) is 19.3 Å². The molecule has 6 nitrogen and oxygen atoms in total. The van der Waals surface area contributed by atoms with Crippen LogP contribution in [0.2, 0.25) is 0 Å². The molecule has 1 amide bonds. The first-order valence-electron chi connectivity index (χ1n) is 9.18. The van der Waals surface area contributed by atoms with Gasteiger partial charge in [-0.25, -0.2) is 0 Å². The molecule has 0 spiro atoms. The van der Waals surface area contributed by atoms with E-state index >= 15 is 0 Å². The Kier molecular flexibility index (Phi) is 3.68. The van der Waals surface area contributed by atoms with E-state index in [0.29, 0.717) is 32.5 Å². The third-order valence-corrected chi connectivity index (χ3v) is 5.55. The van der Waals surface area contributed by atoms with Gasteiger partial charge in [0.25, 0.3) is 5.91 Å². The van der Waals surface area contributed by atoms with Crippen molar-refractivity contribution < 1.29 is 14.3 Å². The third-order valence-electron chi connectivity index (χ3n) is 5.55. The van der Waals surface area contributed by atoms with Crippen molar-refractivity contribution in [3.63, 3.8) is 0 Å². The summed E-state index contributed by atoms with van der Waals surface area (Å²) in [5.74, 6) is 0.0668. The van der Waals surface area contributed by atoms with E-state index in [2.05, 4.69) is 28.8 Å². The maximum atomic E-state index is 13.2. The molecule has 0 unspecified atom stereocenters. The number of anilines is 2. The summed E-state index contributed by atoms with van der Waals surface area (Å²) >= 11 is 0. The number of nitrogens with zero attached hydrogens (tertiary/aromatic N) is 1. The van der Waals surface area contributed by atoms with Crippen LogP contribution in [-0.4, -0.2) is 51.0 Å². The molecule has 0 radical (unpaired) electrons. The van der Waals surface area contributed by atoms with Crippen molar-refractivity contribution in [2.75, 3.05) is 43.2 Å². The molecular weight excluding hydrogens is 318 g/mol. The van der Waals surface area contributed by atoms with Crippen LogP contribution in [0.5, 0.6) is 0 Å². The molecule has 1 aliphatic carbocycles. The van der Waals surface area contributed by atoms with Crippen LogP contribution in [0, 0.1) is 0 Å². The first kappa shape index (κ1) is 15.2. The van der Waals surface area contributed by atoms with Crippen molar-refractivity contribution >= 4 is 22.9 Å². The zero-order chi connectivity index (χ0) is 16.8. The van der Waals surface area contributed by atoms with Crippen molar-refractivity contribution in [2.24, 2.45) is 0 Å². The van der Waals surface area contributed by atoms with Crippen molar-refractivity contribution in [1.82, 2.24) is 5.32 Å². The molecule has 1 saturated carbocycles. The molecule has 1 aromatic carbocycles. The van der Waals surface area contributed by atoms with Gasteiger partial charge in [0.05, 0.1) is 49.4 Å². The van der Waals surface area contributed by atoms with E-state index in [4.69, 9.17) is 9.47 Å². The van der Waals surface area contributed by atoms with Crippen molar-refractivity contribution in [1.29, 1.82) is 0 Å². The molecule has 0 bridgehead atoms. The van der Waals surface area contributed by atoms with Gasteiger partial charge in [-0.2, -0.15) is 0 Å². The van der Waals surface area contributed by atoms with Crippen LogP contribution in [0.4, 0.5) is 11.4 Å². The monoisotopic (exact) mass is 341 g/mol. The first-order valence-corrected chi connectivity index (χ1v) is 9.18. The molecule has 0 aromatic heterocycles. The van der Waals surface area contributed by atoms with Crippen molar-refractivity contribution in [2.45, 2.75) is 31.3 Å². The predicted octanol–water partition coefficient (Wildman–Crippen LogP) is 1.73. The van der Waals surface area contributed by atoms with Gasteiger partial charge in [0, 0.05) is 23.8 Å². The number of morpholine rings is 1. The normalized spacial score (nSPS) is 26.7. The Morgan fingerprint density at radius 2 is 2.08 bits per heavy atom. The number of ether oxygens (including phenoxy) is 2. The Bertz CT molecular complexity index is 729. The molecule has 1 aromatic rings. The van der Waals surface area contributed by atoms with Crippen molar-refractivity contribution in [3.8, 4) is 0 Å². The highest BCUT2D eigenvalue weighted by molar-refractivity contribution is 6.33. The van der Waals surface area contributed by atoms with Crippen LogP contribution in [0.3, 0.4) is 0 Å². The summed E-state index contributed by atoms with van der Waals surface area (Å²) in [6.07, 6.45) is 3.75. The lowest BCUT2D eigenvalue weighted by Crippen LogP contribution is -2.50. The maximum Gasteiger partial charge on any atom is 0.261 e. The third kappa shape index (κ3) is 2.51. The van der Waals surface area contributed by atoms with Crippen molar-refractivity contribution in [3.05, 3.63) is 29.5 Å². The summed E-state index contributed by atoms with van der Waals surface area (Å²) in [6.45, 7) is 3.12. The fourth-order valence-electron chi connectivity index (χ4n) is 3.86. The maximum absolute atomic E-state index is 13.2. The SMILES string of the molecule is O=C1/C(=C2/COCCN2)c2cc(NC3CCC3)ccc2N1C1COC1. The fraction of sp³-hybridized carbons (Fsp3) is 0.526. The van der Waals surface area contributed by atoms with Gasteiger partial charge in [-0.05, 0) is 37.5 Å². The Morgan fingerprint density at radius 1 is 1.20 bits per heavy atom. The lowest BCUT2D eigenvalue weighted by Gasteiger charge is -2.35. The van der Waals surface area contributed by atoms with Crippen LogP contribution in [-0.2, 0) is 14.3 Å². The summed E-state index contributed by atoms with van der Waals surface area (Å²) in [5, 5.41) is 6.96.